The van der Waals surface area contributed by atoms with E-state index in [9.17, 15) is 4.39 Å². The summed E-state index contributed by atoms with van der Waals surface area (Å²) in [6, 6.07) is 4.69. The average Bonchev–Trinajstić information content (AvgIpc) is 2.23. The van der Waals surface area contributed by atoms with E-state index in [1.165, 1.54) is 12.1 Å². The van der Waals surface area contributed by atoms with Crippen molar-refractivity contribution >= 4 is 15.9 Å². The van der Waals surface area contributed by atoms with Gasteiger partial charge in [-0.25, -0.2) is 4.39 Å². The molecule has 0 bridgehead atoms. The van der Waals surface area contributed by atoms with Crippen LogP contribution in [0, 0.1) is 5.82 Å². The van der Waals surface area contributed by atoms with Crippen LogP contribution in [0.15, 0.2) is 18.2 Å². The molecule has 0 aromatic heterocycles. The second-order valence-corrected chi connectivity index (χ2v) is 3.68. The van der Waals surface area contributed by atoms with Crippen LogP contribution in [0.2, 0.25) is 0 Å². The molecule has 1 aromatic carbocycles. The van der Waals surface area contributed by atoms with E-state index in [2.05, 4.69) is 15.9 Å². The van der Waals surface area contributed by atoms with Crippen LogP contribution in [0.4, 0.5) is 4.39 Å². The lowest BCUT2D eigenvalue weighted by molar-refractivity contribution is 0.172. The molecule has 0 fully saturated rings. The highest BCUT2D eigenvalue weighted by Gasteiger charge is 2.00. The molecule has 0 spiro atoms. The van der Waals surface area contributed by atoms with Gasteiger partial charge in [0.15, 0.2) is 0 Å². The van der Waals surface area contributed by atoms with Gasteiger partial charge in [0.1, 0.15) is 11.6 Å². The summed E-state index contributed by atoms with van der Waals surface area (Å²) in [5, 5.41) is 0.624. The molecular weight excluding hydrogens is 263 g/mol. The minimum Gasteiger partial charge on any atom is -0.493 e. The molecule has 0 unspecified atom stereocenters. The van der Waals surface area contributed by atoms with Crippen molar-refractivity contribution in [2.75, 3.05) is 20.3 Å². The topological polar surface area (TPSA) is 18.5 Å². The first-order valence-electron chi connectivity index (χ1n) is 4.73. The maximum Gasteiger partial charge on any atom is 0.127 e. The van der Waals surface area contributed by atoms with Crippen LogP contribution in [-0.2, 0) is 10.1 Å². The smallest absolute Gasteiger partial charge is 0.127 e. The minimum absolute atomic E-state index is 0.270. The van der Waals surface area contributed by atoms with Crippen molar-refractivity contribution in [2.45, 2.75) is 11.8 Å². The monoisotopic (exact) mass is 276 g/mol. The molecule has 0 saturated heterocycles. The summed E-state index contributed by atoms with van der Waals surface area (Å²) < 4.78 is 23.3. The van der Waals surface area contributed by atoms with Crippen LogP contribution < -0.4 is 4.74 Å². The summed E-state index contributed by atoms with van der Waals surface area (Å²) in [5.74, 6) is 0.300. The molecule has 0 amide bonds. The minimum atomic E-state index is -0.270. The van der Waals surface area contributed by atoms with Gasteiger partial charge in [-0.15, -0.1) is 0 Å². The Labute approximate surface area is 97.5 Å². The van der Waals surface area contributed by atoms with Gasteiger partial charge in [-0.1, -0.05) is 15.9 Å². The van der Waals surface area contributed by atoms with Gasteiger partial charge in [-0.05, 0) is 17.7 Å². The van der Waals surface area contributed by atoms with E-state index in [4.69, 9.17) is 9.47 Å². The number of hydrogen-bond acceptors (Lipinski definition) is 2. The molecule has 0 radical (unpaired) electrons. The fourth-order valence-electron chi connectivity index (χ4n) is 1.17. The number of ether oxygens (including phenoxy) is 2. The lowest BCUT2D eigenvalue weighted by Crippen LogP contribution is -2.01. The number of hydrogen-bond donors (Lipinski definition) is 0. The highest BCUT2D eigenvalue weighted by molar-refractivity contribution is 9.08. The fraction of sp³-hybridized carbons (Fsp3) is 0.455. The molecule has 15 heavy (non-hydrogen) atoms. The van der Waals surface area contributed by atoms with Crippen LogP contribution in [0.3, 0.4) is 0 Å². The van der Waals surface area contributed by atoms with Crippen molar-refractivity contribution in [2.24, 2.45) is 0 Å². The molecule has 0 heterocycles. The molecule has 1 aromatic rings. The quantitative estimate of drug-likeness (QED) is 0.587. The Morgan fingerprint density at radius 1 is 1.27 bits per heavy atom. The standard InChI is InChI=1S/C11H14BrFO2/c1-14-3-2-4-15-11-6-9(8-12)5-10(13)7-11/h5-7H,2-4,8H2,1H3. The van der Waals surface area contributed by atoms with Crippen molar-refractivity contribution in [3.8, 4) is 5.75 Å². The van der Waals surface area contributed by atoms with Gasteiger partial charge < -0.3 is 9.47 Å². The zero-order valence-electron chi connectivity index (χ0n) is 8.63. The number of alkyl halides is 1. The summed E-state index contributed by atoms with van der Waals surface area (Å²) >= 11 is 3.28. The predicted octanol–water partition coefficient (Wildman–Crippen LogP) is 3.14. The molecule has 2 nitrogen and oxygen atoms in total. The first-order chi connectivity index (χ1) is 7.26. The Bertz CT molecular complexity index is 305. The van der Waals surface area contributed by atoms with Gasteiger partial charge in [-0.3, -0.25) is 0 Å². The van der Waals surface area contributed by atoms with Gasteiger partial charge in [-0.2, -0.15) is 0 Å². The van der Waals surface area contributed by atoms with Crippen LogP contribution in [0.25, 0.3) is 0 Å². The molecule has 0 saturated carbocycles. The third kappa shape index (κ3) is 4.62. The molecule has 0 aliphatic heterocycles. The van der Waals surface area contributed by atoms with E-state index < -0.39 is 0 Å². The largest absolute Gasteiger partial charge is 0.493 e. The summed E-state index contributed by atoms with van der Waals surface area (Å²) in [5.41, 5.74) is 0.872. The Morgan fingerprint density at radius 2 is 2.07 bits per heavy atom. The molecule has 0 N–H and O–H groups in total. The zero-order chi connectivity index (χ0) is 11.1. The molecular formula is C11H14BrFO2. The van der Waals surface area contributed by atoms with E-state index >= 15 is 0 Å². The van der Waals surface area contributed by atoms with Gasteiger partial charge in [0.2, 0.25) is 0 Å². The van der Waals surface area contributed by atoms with Crippen molar-refractivity contribution in [3.05, 3.63) is 29.6 Å². The van der Waals surface area contributed by atoms with Gasteiger partial charge >= 0.3 is 0 Å². The fourth-order valence-corrected chi connectivity index (χ4v) is 1.50. The third-order valence-corrected chi connectivity index (χ3v) is 2.49. The van der Waals surface area contributed by atoms with E-state index in [-0.39, 0.29) is 5.82 Å². The Morgan fingerprint density at radius 3 is 2.73 bits per heavy atom. The van der Waals surface area contributed by atoms with Gasteiger partial charge in [0.05, 0.1) is 6.61 Å². The Kier molecular flexibility index (Phi) is 5.65. The van der Waals surface area contributed by atoms with Crippen LogP contribution in [0.1, 0.15) is 12.0 Å². The lowest BCUT2D eigenvalue weighted by atomic mass is 10.2. The Hall–Kier alpha value is -0.610. The van der Waals surface area contributed by atoms with E-state index in [1.807, 2.05) is 6.07 Å². The van der Waals surface area contributed by atoms with Gasteiger partial charge in [0.25, 0.3) is 0 Å². The summed E-state index contributed by atoms with van der Waals surface area (Å²) in [7, 11) is 1.64. The predicted molar refractivity (Wildman–Crippen MR) is 61.0 cm³/mol. The SMILES string of the molecule is COCCCOc1cc(F)cc(CBr)c1. The van der Waals surface area contributed by atoms with Crippen LogP contribution in [-0.4, -0.2) is 20.3 Å². The van der Waals surface area contributed by atoms with Crippen molar-refractivity contribution in [3.63, 3.8) is 0 Å². The number of rotatable bonds is 6. The van der Waals surface area contributed by atoms with Crippen LogP contribution in [0.5, 0.6) is 5.75 Å². The molecule has 0 atom stereocenters. The zero-order valence-corrected chi connectivity index (χ0v) is 10.2. The number of benzene rings is 1. The maximum atomic E-state index is 13.1. The van der Waals surface area contributed by atoms with Crippen molar-refractivity contribution in [1.29, 1.82) is 0 Å². The first kappa shape index (κ1) is 12.5. The maximum absolute atomic E-state index is 13.1. The molecule has 4 heteroatoms. The van der Waals surface area contributed by atoms with Gasteiger partial charge in [0, 0.05) is 31.5 Å². The van der Waals surface area contributed by atoms with E-state index in [0.29, 0.717) is 24.3 Å². The Balaban J connectivity index is 2.49. The summed E-state index contributed by atoms with van der Waals surface area (Å²) in [6.45, 7) is 1.19. The second-order valence-electron chi connectivity index (χ2n) is 3.12. The normalized spacial score (nSPS) is 10.3. The molecule has 84 valence electrons. The van der Waals surface area contributed by atoms with E-state index in [1.54, 1.807) is 7.11 Å². The number of halogens is 2. The molecule has 0 aliphatic rings. The van der Waals surface area contributed by atoms with Crippen molar-refractivity contribution < 1.29 is 13.9 Å². The summed E-state index contributed by atoms with van der Waals surface area (Å²) in [6.07, 6.45) is 0.802. The molecule has 0 aliphatic carbocycles. The van der Waals surface area contributed by atoms with E-state index in [0.717, 1.165) is 12.0 Å². The summed E-state index contributed by atoms with van der Waals surface area (Å²) in [4.78, 5) is 0. The third-order valence-electron chi connectivity index (χ3n) is 1.85. The number of methoxy groups -OCH3 is 1. The van der Waals surface area contributed by atoms with Crippen molar-refractivity contribution in [1.82, 2.24) is 0 Å². The highest BCUT2D eigenvalue weighted by atomic mass is 79.9. The highest BCUT2D eigenvalue weighted by Crippen LogP contribution is 2.18. The average molecular weight is 277 g/mol. The lowest BCUT2D eigenvalue weighted by Gasteiger charge is -2.07. The van der Waals surface area contributed by atoms with Crippen LogP contribution >= 0.6 is 15.9 Å². The first-order valence-corrected chi connectivity index (χ1v) is 5.85. The second kappa shape index (κ2) is 6.80. The molecule has 1 rings (SSSR count).